The Morgan fingerprint density at radius 3 is 2.57 bits per heavy atom. The predicted octanol–water partition coefficient (Wildman–Crippen LogP) is 1.52. The molecule has 0 aliphatic heterocycles. The van der Waals surface area contributed by atoms with E-state index < -0.39 is 0 Å². The molecule has 7 heteroatoms. The second-order valence-corrected chi connectivity index (χ2v) is 4.65. The Balaban J connectivity index is 1.64. The van der Waals surface area contributed by atoms with Crippen LogP contribution in [0.5, 0.6) is 5.75 Å². The molecule has 2 aromatic rings. The van der Waals surface area contributed by atoms with Crippen LogP contribution in [0.4, 0.5) is 4.79 Å². The topological polar surface area (TPSA) is 92.6 Å². The Morgan fingerprint density at radius 2 is 1.83 bits per heavy atom. The van der Waals surface area contributed by atoms with Crippen molar-refractivity contribution in [3.8, 4) is 5.75 Å². The Morgan fingerprint density at radius 1 is 1.04 bits per heavy atom. The van der Waals surface area contributed by atoms with Crippen molar-refractivity contribution in [2.24, 2.45) is 0 Å². The Labute approximate surface area is 134 Å². The molecular weight excluding hydrogens is 298 g/mol. The first-order chi connectivity index (χ1) is 11.2. The first-order valence-electron chi connectivity index (χ1n) is 7.16. The van der Waals surface area contributed by atoms with E-state index in [-0.39, 0.29) is 17.7 Å². The summed E-state index contributed by atoms with van der Waals surface area (Å²) in [6.45, 7) is 0.973. The van der Waals surface area contributed by atoms with Gasteiger partial charge in [0.25, 0.3) is 5.91 Å². The van der Waals surface area contributed by atoms with Crippen LogP contribution in [0.2, 0.25) is 0 Å². The summed E-state index contributed by atoms with van der Waals surface area (Å²) in [5.74, 6) is 0.648. The van der Waals surface area contributed by atoms with Crippen molar-refractivity contribution >= 4 is 11.9 Å². The molecule has 23 heavy (non-hydrogen) atoms. The van der Waals surface area contributed by atoms with Crippen LogP contribution >= 0.6 is 0 Å². The summed E-state index contributed by atoms with van der Waals surface area (Å²) in [5.41, 5.74) is 0.885. The number of furan rings is 1. The maximum atomic E-state index is 11.7. The molecule has 0 saturated heterocycles. The SMILES string of the molecule is COc1ccccc1CNC(=O)NCCNC(=O)c1ccco1. The number of urea groups is 1. The van der Waals surface area contributed by atoms with Crippen LogP contribution in [0.3, 0.4) is 0 Å². The minimum Gasteiger partial charge on any atom is -0.496 e. The zero-order chi connectivity index (χ0) is 16.5. The molecule has 0 aliphatic rings. The molecule has 122 valence electrons. The second-order valence-electron chi connectivity index (χ2n) is 4.65. The molecule has 1 aromatic heterocycles. The molecule has 0 unspecified atom stereocenters. The average molecular weight is 317 g/mol. The highest BCUT2D eigenvalue weighted by atomic mass is 16.5. The second kappa shape index (κ2) is 8.47. The van der Waals surface area contributed by atoms with Crippen LogP contribution in [0.15, 0.2) is 47.1 Å². The van der Waals surface area contributed by atoms with E-state index in [1.54, 1.807) is 19.2 Å². The van der Waals surface area contributed by atoms with Gasteiger partial charge in [0.2, 0.25) is 0 Å². The van der Waals surface area contributed by atoms with E-state index in [9.17, 15) is 9.59 Å². The molecule has 0 aliphatic carbocycles. The van der Waals surface area contributed by atoms with Crippen molar-refractivity contribution in [1.29, 1.82) is 0 Å². The Bertz CT molecular complexity index is 641. The van der Waals surface area contributed by atoms with Crippen LogP contribution < -0.4 is 20.7 Å². The Hall–Kier alpha value is -2.96. The monoisotopic (exact) mass is 317 g/mol. The third kappa shape index (κ3) is 5.06. The maximum Gasteiger partial charge on any atom is 0.315 e. The third-order valence-electron chi connectivity index (χ3n) is 3.07. The van der Waals surface area contributed by atoms with Gasteiger partial charge in [-0.3, -0.25) is 4.79 Å². The molecule has 0 fully saturated rings. The number of amides is 3. The predicted molar refractivity (Wildman–Crippen MR) is 84.3 cm³/mol. The number of carbonyl (C=O) groups is 2. The van der Waals surface area contributed by atoms with E-state index in [0.29, 0.717) is 19.6 Å². The first kappa shape index (κ1) is 16.4. The molecule has 0 bridgehead atoms. The summed E-state index contributed by atoms with van der Waals surface area (Å²) in [5, 5.41) is 8.02. The lowest BCUT2D eigenvalue weighted by Crippen LogP contribution is -2.40. The number of rotatable bonds is 7. The largest absolute Gasteiger partial charge is 0.496 e. The lowest BCUT2D eigenvalue weighted by Gasteiger charge is -2.10. The first-order valence-corrected chi connectivity index (χ1v) is 7.16. The van der Waals surface area contributed by atoms with Gasteiger partial charge < -0.3 is 25.1 Å². The number of nitrogens with one attached hydrogen (secondary N) is 3. The highest BCUT2D eigenvalue weighted by Crippen LogP contribution is 2.16. The van der Waals surface area contributed by atoms with Gasteiger partial charge in [0.15, 0.2) is 5.76 Å². The highest BCUT2D eigenvalue weighted by Gasteiger charge is 2.07. The smallest absolute Gasteiger partial charge is 0.315 e. The van der Waals surface area contributed by atoms with E-state index >= 15 is 0 Å². The van der Waals surface area contributed by atoms with E-state index in [1.165, 1.54) is 6.26 Å². The van der Waals surface area contributed by atoms with E-state index in [0.717, 1.165) is 11.3 Å². The van der Waals surface area contributed by atoms with Crippen LogP contribution in [0.1, 0.15) is 16.1 Å². The van der Waals surface area contributed by atoms with Gasteiger partial charge in [-0.2, -0.15) is 0 Å². The van der Waals surface area contributed by atoms with Crippen molar-refractivity contribution in [2.75, 3.05) is 20.2 Å². The summed E-state index contributed by atoms with van der Waals surface area (Å²) in [6.07, 6.45) is 1.43. The molecule has 3 N–H and O–H groups in total. The van der Waals surface area contributed by atoms with Gasteiger partial charge in [-0.25, -0.2) is 4.79 Å². The average Bonchev–Trinajstić information content (AvgIpc) is 3.11. The number of hydrogen-bond acceptors (Lipinski definition) is 4. The minimum absolute atomic E-state index is 0.241. The molecular formula is C16H19N3O4. The summed E-state index contributed by atoms with van der Waals surface area (Å²) < 4.78 is 10.2. The molecule has 0 spiro atoms. The van der Waals surface area contributed by atoms with Gasteiger partial charge in [-0.05, 0) is 18.2 Å². The van der Waals surface area contributed by atoms with Crippen molar-refractivity contribution in [1.82, 2.24) is 16.0 Å². The van der Waals surface area contributed by atoms with E-state index in [1.807, 2.05) is 24.3 Å². The molecule has 0 saturated carbocycles. The van der Waals surface area contributed by atoms with Gasteiger partial charge in [0.05, 0.1) is 13.4 Å². The molecule has 0 radical (unpaired) electrons. The van der Waals surface area contributed by atoms with Crippen molar-refractivity contribution in [2.45, 2.75) is 6.54 Å². The van der Waals surface area contributed by atoms with Crippen LogP contribution in [-0.4, -0.2) is 32.1 Å². The fraction of sp³-hybridized carbons (Fsp3) is 0.250. The molecule has 7 nitrogen and oxygen atoms in total. The van der Waals surface area contributed by atoms with Gasteiger partial charge in [-0.1, -0.05) is 18.2 Å². The Kier molecular flexibility index (Phi) is 6.05. The number of hydrogen-bond donors (Lipinski definition) is 3. The van der Waals surface area contributed by atoms with Gasteiger partial charge >= 0.3 is 6.03 Å². The van der Waals surface area contributed by atoms with Crippen LogP contribution in [0, 0.1) is 0 Å². The van der Waals surface area contributed by atoms with Crippen molar-refractivity contribution in [3.05, 3.63) is 54.0 Å². The van der Waals surface area contributed by atoms with Crippen molar-refractivity contribution < 1.29 is 18.7 Å². The normalized spacial score (nSPS) is 9.96. The summed E-state index contributed by atoms with van der Waals surface area (Å²) in [4.78, 5) is 23.3. The van der Waals surface area contributed by atoms with Crippen LogP contribution in [0.25, 0.3) is 0 Å². The number of benzene rings is 1. The fourth-order valence-electron chi connectivity index (χ4n) is 1.93. The zero-order valence-corrected chi connectivity index (χ0v) is 12.8. The third-order valence-corrected chi connectivity index (χ3v) is 3.07. The molecule has 0 atom stereocenters. The summed E-state index contributed by atoms with van der Waals surface area (Å²) in [6, 6.07) is 10.3. The fourth-order valence-corrected chi connectivity index (χ4v) is 1.93. The number of para-hydroxylation sites is 1. The summed E-state index contributed by atoms with van der Waals surface area (Å²) >= 11 is 0. The lowest BCUT2D eigenvalue weighted by atomic mass is 10.2. The van der Waals surface area contributed by atoms with Crippen LogP contribution in [-0.2, 0) is 6.54 Å². The number of carbonyl (C=O) groups excluding carboxylic acids is 2. The molecule has 2 rings (SSSR count). The van der Waals surface area contributed by atoms with Gasteiger partial charge in [0.1, 0.15) is 5.75 Å². The molecule has 1 heterocycles. The number of methoxy groups -OCH3 is 1. The molecule has 3 amide bonds. The van der Waals surface area contributed by atoms with E-state index in [2.05, 4.69) is 16.0 Å². The summed E-state index contributed by atoms with van der Waals surface area (Å²) in [7, 11) is 1.58. The standard InChI is InChI=1S/C16H19N3O4/c1-22-13-6-3-2-5-12(13)11-19-16(21)18-9-8-17-15(20)14-7-4-10-23-14/h2-7,10H,8-9,11H2,1H3,(H,17,20)(H2,18,19,21). The quantitative estimate of drug-likeness (QED) is 0.675. The zero-order valence-electron chi connectivity index (χ0n) is 12.8. The minimum atomic E-state index is -0.317. The van der Waals surface area contributed by atoms with Gasteiger partial charge in [0, 0.05) is 25.2 Å². The highest BCUT2D eigenvalue weighted by molar-refractivity contribution is 5.91. The van der Waals surface area contributed by atoms with E-state index in [4.69, 9.17) is 9.15 Å². The maximum absolute atomic E-state index is 11.7. The van der Waals surface area contributed by atoms with Crippen molar-refractivity contribution in [3.63, 3.8) is 0 Å². The number of ether oxygens (including phenoxy) is 1. The lowest BCUT2D eigenvalue weighted by molar-refractivity contribution is 0.0926. The van der Waals surface area contributed by atoms with Gasteiger partial charge in [-0.15, -0.1) is 0 Å². The molecule has 1 aromatic carbocycles.